The summed E-state index contributed by atoms with van der Waals surface area (Å²) in [5.74, 6) is 1.22. The number of fused-ring (bicyclic) bond motifs is 2. The summed E-state index contributed by atoms with van der Waals surface area (Å²) < 4.78 is 15.8. The van der Waals surface area contributed by atoms with Crippen molar-refractivity contribution in [1.29, 1.82) is 0 Å². The lowest BCUT2D eigenvalue weighted by Gasteiger charge is -2.39. The van der Waals surface area contributed by atoms with Crippen LogP contribution in [0.4, 0.5) is 0 Å². The van der Waals surface area contributed by atoms with E-state index >= 15 is 0 Å². The van der Waals surface area contributed by atoms with E-state index in [2.05, 4.69) is 6.58 Å². The van der Waals surface area contributed by atoms with Gasteiger partial charge in [0.05, 0.1) is 5.60 Å². The second-order valence-corrected chi connectivity index (χ2v) is 7.13. The van der Waals surface area contributed by atoms with Crippen LogP contribution in [0.15, 0.2) is 12.2 Å². The number of ether oxygens (including phenoxy) is 3. The number of carbonyl (C=O) groups excluding carboxylic acids is 2. The van der Waals surface area contributed by atoms with Crippen molar-refractivity contribution in [2.45, 2.75) is 51.0 Å². The van der Waals surface area contributed by atoms with E-state index < -0.39 is 18.5 Å². The molecule has 5 heteroatoms. The molecule has 4 unspecified atom stereocenters. The number of hydrogen-bond donors (Lipinski definition) is 0. The fourth-order valence-corrected chi connectivity index (χ4v) is 4.55. The smallest absolute Gasteiger partial charge is 0.346 e. The van der Waals surface area contributed by atoms with E-state index in [4.69, 9.17) is 14.2 Å². The van der Waals surface area contributed by atoms with Crippen LogP contribution in [0, 0.1) is 17.8 Å². The van der Waals surface area contributed by atoms with Gasteiger partial charge in [0.25, 0.3) is 0 Å². The molecule has 0 aromatic rings. The lowest BCUT2D eigenvalue weighted by molar-refractivity contribution is -0.183. The molecule has 3 saturated carbocycles. The monoisotopic (exact) mass is 308 g/mol. The Morgan fingerprint density at radius 2 is 1.91 bits per heavy atom. The van der Waals surface area contributed by atoms with Gasteiger partial charge in [-0.05, 0) is 56.8 Å². The van der Waals surface area contributed by atoms with E-state index in [1.54, 1.807) is 0 Å². The molecule has 4 atom stereocenters. The third-order valence-corrected chi connectivity index (χ3v) is 5.43. The molecule has 3 bridgehead atoms. The van der Waals surface area contributed by atoms with Gasteiger partial charge in [0, 0.05) is 5.57 Å². The Morgan fingerprint density at radius 3 is 2.68 bits per heavy atom. The van der Waals surface area contributed by atoms with E-state index in [0.29, 0.717) is 0 Å². The van der Waals surface area contributed by atoms with Gasteiger partial charge >= 0.3 is 11.9 Å². The van der Waals surface area contributed by atoms with Crippen molar-refractivity contribution >= 4 is 11.9 Å². The second kappa shape index (κ2) is 6.03. The normalized spacial score (nSPS) is 35.2. The Kier molecular flexibility index (Phi) is 4.26. The van der Waals surface area contributed by atoms with Crippen LogP contribution in [-0.4, -0.2) is 30.9 Å². The second-order valence-electron chi connectivity index (χ2n) is 7.13. The predicted molar refractivity (Wildman–Crippen MR) is 78.7 cm³/mol. The lowest BCUT2D eigenvalue weighted by Crippen LogP contribution is -2.37. The van der Waals surface area contributed by atoms with Crippen molar-refractivity contribution in [3.63, 3.8) is 0 Å². The maximum absolute atomic E-state index is 11.5. The Labute approximate surface area is 131 Å². The molecule has 122 valence electrons. The van der Waals surface area contributed by atoms with Gasteiger partial charge in [0.1, 0.15) is 0 Å². The van der Waals surface area contributed by atoms with Crippen LogP contribution in [0.5, 0.6) is 0 Å². The molecule has 3 aliphatic rings. The predicted octanol–water partition coefficient (Wildman–Crippen LogP) is 2.59. The highest BCUT2D eigenvalue weighted by Gasteiger charge is 2.53. The summed E-state index contributed by atoms with van der Waals surface area (Å²) in [5.41, 5.74) is 0.182. The third-order valence-electron chi connectivity index (χ3n) is 5.43. The molecule has 0 aromatic heterocycles. The molecule has 0 aromatic carbocycles. The molecule has 0 N–H and O–H groups in total. The number of carbonyl (C=O) groups is 2. The standard InChI is InChI=1S/C17H24O5/c1-11(2)16(19)20-9-15(18)21-10-22-17-6-12-3-4-13(7-17)14(5-12)8-17/h12-14H,1,3-10H2,2H3. The molecule has 0 aliphatic heterocycles. The first-order chi connectivity index (χ1) is 10.5. The zero-order valence-electron chi connectivity index (χ0n) is 13.1. The fraction of sp³-hybridized carbons (Fsp3) is 0.765. The van der Waals surface area contributed by atoms with Crippen LogP contribution in [0.2, 0.25) is 0 Å². The Morgan fingerprint density at radius 1 is 1.14 bits per heavy atom. The first kappa shape index (κ1) is 15.5. The van der Waals surface area contributed by atoms with E-state index in [0.717, 1.165) is 37.0 Å². The first-order valence-corrected chi connectivity index (χ1v) is 8.10. The summed E-state index contributed by atoms with van der Waals surface area (Å²) in [7, 11) is 0. The molecular weight excluding hydrogens is 284 g/mol. The molecule has 5 nitrogen and oxygen atoms in total. The van der Waals surface area contributed by atoms with Crippen molar-refractivity contribution in [2.75, 3.05) is 13.4 Å². The van der Waals surface area contributed by atoms with Crippen LogP contribution in [0.25, 0.3) is 0 Å². The number of rotatable bonds is 6. The summed E-state index contributed by atoms with van der Waals surface area (Å²) in [6.45, 7) is 4.54. The summed E-state index contributed by atoms with van der Waals surface area (Å²) in [6.07, 6.45) is 7.32. The van der Waals surface area contributed by atoms with E-state index in [-0.39, 0.29) is 18.0 Å². The quantitative estimate of drug-likeness (QED) is 0.429. The Balaban J connectivity index is 1.41. The minimum absolute atomic E-state index is 0.0460. The molecule has 3 fully saturated rings. The molecule has 3 rings (SSSR count). The largest absolute Gasteiger partial charge is 0.450 e. The highest BCUT2D eigenvalue weighted by Crippen LogP contribution is 2.58. The number of hydrogen-bond acceptors (Lipinski definition) is 5. The van der Waals surface area contributed by atoms with Gasteiger partial charge in [-0.2, -0.15) is 0 Å². The summed E-state index contributed by atoms with van der Waals surface area (Å²) in [4.78, 5) is 22.7. The molecule has 0 amide bonds. The Bertz CT molecular complexity index is 481. The minimum Gasteiger partial charge on any atom is -0.450 e. The average molecular weight is 308 g/mol. The van der Waals surface area contributed by atoms with Gasteiger partial charge in [-0.15, -0.1) is 0 Å². The van der Waals surface area contributed by atoms with E-state index in [1.165, 1.54) is 26.2 Å². The van der Waals surface area contributed by atoms with Gasteiger partial charge in [0.2, 0.25) is 0 Å². The molecule has 0 heterocycles. The minimum atomic E-state index is -0.584. The summed E-state index contributed by atoms with van der Waals surface area (Å²) in [5, 5.41) is 0. The summed E-state index contributed by atoms with van der Waals surface area (Å²) in [6, 6.07) is 0. The first-order valence-electron chi connectivity index (χ1n) is 8.10. The third kappa shape index (κ3) is 3.19. The van der Waals surface area contributed by atoms with Gasteiger partial charge in [-0.25, -0.2) is 9.59 Å². The highest BCUT2D eigenvalue weighted by atomic mass is 16.7. The lowest BCUT2D eigenvalue weighted by atomic mass is 9.71. The van der Waals surface area contributed by atoms with Crippen LogP contribution < -0.4 is 0 Å². The maximum atomic E-state index is 11.5. The van der Waals surface area contributed by atoms with Gasteiger partial charge in [-0.3, -0.25) is 0 Å². The van der Waals surface area contributed by atoms with Crippen LogP contribution in [0.3, 0.4) is 0 Å². The zero-order valence-corrected chi connectivity index (χ0v) is 13.1. The van der Waals surface area contributed by atoms with Crippen molar-refractivity contribution < 1.29 is 23.8 Å². The molecule has 0 radical (unpaired) electrons. The maximum Gasteiger partial charge on any atom is 0.346 e. The van der Waals surface area contributed by atoms with Gasteiger partial charge in [0.15, 0.2) is 13.4 Å². The van der Waals surface area contributed by atoms with Crippen LogP contribution in [0.1, 0.15) is 45.4 Å². The van der Waals surface area contributed by atoms with Crippen LogP contribution >= 0.6 is 0 Å². The molecule has 3 aliphatic carbocycles. The van der Waals surface area contributed by atoms with E-state index in [1.807, 2.05) is 0 Å². The average Bonchev–Trinajstić information content (AvgIpc) is 2.63. The zero-order chi connectivity index (χ0) is 15.7. The van der Waals surface area contributed by atoms with E-state index in [9.17, 15) is 9.59 Å². The van der Waals surface area contributed by atoms with Crippen molar-refractivity contribution in [3.05, 3.63) is 12.2 Å². The summed E-state index contributed by atoms with van der Waals surface area (Å²) >= 11 is 0. The topological polar surface area (TPSA) is 61.8 Å². The SMILES string of the molecule is C=C(C)C(=O)OCC(=O)OCOC12CC3CCC(C1)C(C3)C2. The molecule has 0 saturated heterocycles. The molecule has 22 heavy (non-hydrogen) atoms. The van der Waals surface area contributed by atoms with Crippen molar-refractivity contribution in [3.8, 4) is 0 Å². The fourth-order valence-electron chi connectivity index (χ4n) is 4.55. The van der Waals surface area contributed by atoms with Crippen molar-refractivity contribution in [2.24, 2.45) is 17.8 Å². The molecular formula is C17H24O5. The van der Waals surface area contributed by atoms with Gasteiger partial charge < -0.3 is 14.2 Å². The Hall–Kier alpha value is -1.36. The molecule has 0 spiro atoms. The number of esters is 2. The van der Waals surface area contributed by atoms with Gasteiger partial charge in [-0.1, -0.05) is 13.0 Å². The van der Waals surface area contributed by atoms with Crippen molar-refractivity contribution in [1.82, 2.24) is 0 Å². The van der Waals surface area contributed by atoms with Crippen LogP contribution in [-0.2, 0) is 23.8 Å². The highest BCUT2D eigenvalue weighted by molar-refractivity contribution is 5.88.